The molecule has 0 aliphatic carbocycles. The molecular weight excluding hydrogens is 322 g/mol. The van der Waals surface area contributed by atoms with E-state index in [1.807, 2.05) is 12.1 Å². The first-order chi connectivity index (χ1) is 11.7. The number of nitrogens with two attached hydrogens (primary N) is 2. The molecule has 1 aromatic heterocycles. The van der Waals surface area contributed by atoms with Crippen molar-refractivity contribution < 1.29 is 5.11 Å². The van der Waals surface area contributed by atoms with Gasteiger partial charge >= 0.3 is 0 Å². The predicted molar refractivity (Wildman–Crippen MR) is 100 cm³/mol. The molecule has 7 heteroatoms. The van der Waals surface area contributed by atoms with Gasteiger partial charge in [-0.2, -0.15) is 0 Å². The fourth-order valence-corrected chi connectivity index (χ4v) is 3.35. The van der Waals surface area contributed by atoms with E-state index in [4.69, 9.17) is 11.5 Å². The van der Waals surface area contributed by atoms with Gasteiger partial charge in [0.1, 0.15) is 16.6 Å². The molecule has 1 aliphatic rings. The van der Waals surface area contributed by atoms with Gasteiger partial charge in [-0.25, -0.2) is 4.98 Å². The van der Waals surface area contributed by atoms with E-state index in [0.29, 0.717) is 18.9 Å². The van der Waals surface area contributed by atoms with Gasteiger partial charge in [-0.05, 0) is 17.7 Å². The van der Waals surface area contributed by atoms with E-state index in [0.717, 1.165) is 38.7 Å². The minimum absolute atomic E-state index is 0.217. The number of hydrogen-bond acceptors (Lipinski definition) is 7. The monoisotopic (exact) mass is 341 g/mol. The van der Waals surface area contributed by atoms with Crippen molar-refractivity contribution in [3.05, 3.63) is 35.4 Å². The van der Waals surface area contributed by atoms with E-state index >= 15 is 0 Å². The fourth-order valence-electron chi connectivity index (χ4n) is 2.51. The molecule has 0 bridgehead atoms. The molecule has 3 rings (SSSR count). The summed E-state index contributed by atoms with van der Waals surface area (Å²) in [4.78, 5) is 13.1. The lowest BCUT2D eigenvalue weighted by Crippen LogP contribution is -2.10. The summed E-state index contributed by atoms with van der Waals surface area (Å²) in [6, 6.07) is 7.04. The summed E-state index contributed by atoms with van der Waals surface area (Å²) in [7, 11) is 1.70. The van der Waals surface area contributed by atoms with Crippen LogP contribution < -0.4 is 11.5 Å². The van der Waals surface area contributed by atoms with Crippen molar-refractivity contribution in [2.24, 2.45) is 15.7 Å². The molecule has 0 fully saturated rings. The Balaban J connectivity index is 2.27. The summed E-state index contributed by atoms with van der Waals surface area (Å²) in [6.45, 7) is 1.26. The van der Waals surface area contributed by atoms with Crippen molar-refractivity contribution in [2.45, 2.75) is 5.03 Å². The number of phenolic OH excluding ortho intramolecular Hbond substituents is 1. The van der Waals surface area contributed by atoms with Crippen LogP contribution in [0, 0.1) is 0 Å². The second kappa shape index (κ2) is 7.02. The number of nitrogens with zero attached hydrogens (tertiary/aromatic N) is 3. The number of aromatic hydroxyl groups is 1. The highest BCUT2D eigenvalue weighted by atomic mass is 32.2. The van der Waals surface area contributed by atoms with Crippen LogP contribution in [0.5, 0.6) is 5.75 Å². The Labute approximate surface area is 144 Å². The summed E-state index contributed by atoms with van der Waals surface area (Å²) in [5.41, 5.74) is 16.5. The third-order valence-electron chi connectivity index (χ3n) is 3.61. The second-order valence-corrected chi connectivity index (χ2v) is 6.38. The standard InChI is InChI=1S/C17H19N5OS/c1-20-8-12-14(10-2-4-11(23)5-3-10)15(13-9-21-13)17(22-16(12)19)24-7-6-18/h2-5,8,23H,6-7,9,18H2,1H3,(H2,19,22). The van der Waals surface area contributed by atoms with Crippen LogP contribution in [-0.4, -0.2) is 47.9 Å². The van der Waals surface area contributed by atoms with Crippen LogP contribution in [0.3, 0.4) is 0 Å². The number of aliphatic imine (C=N–C) groups is 2. The van der Waals surface area contributed by atoms with Crippen LogP contribution in [0.15, 0.2) is 39.3 Å². The van der Waals surface area contributed by atoms with Crippen molar-refractivity contribution >= 4 is 29.5 Å². The average Bonchev–Trinajstić information content (AvgIpc) is 3.40. The Kier molecular flexibility index (Phi) is 4.82. The number of aromatic nitrogens is 1. The van der Waals surface area contributed by atoms with Gasteiger partial charge in [0, 0.05) is 42.3 Å². The number of thioether (sulfide) groups is 1. The minimum Gasteiger partial charge on any atom is -0.508 e. The zero-order chi connectivity index (χ0) is 17.1. The Morgan fingerprint density at radius 1 is 1.29 bits per heavy atom. The number of phenols is 1. The highest BCUT2D eigenvalue weighted by molar-refractivity contribution is 7.99. The number of pyridine rings is 1. The lowest BCUT2D eigenvalue weighted by atomic mass is 9.95. The Bertz CT molecular complexity index is 815. The Morgan fingerprint density at radius 3 is 2.58 bits per heavy atom. The molecule has 2 aromatic rings. The van der Waals surface area contributed by atoms with Crippen LogP contribution in [0.25, 0.3) is 11.1 Å². The van der Waals surface area contributed by atoms with Crippen molar-refractivity contribution in [3.63, 3.8) is 0 Å². The highest BCUT2D eigenvalue weighted by Gasteiger charge is 2.26. The quantitative estimate of drug-likeness (QED) is 0.549. The van der Waals surface area contributed by atoms with Gasteiger partial charge in [-0.15, -0.1) is 11.8 Å². The highest BCUT2D eigenvalue weighted by Crippen LogP contribution is 2.38. The zero-order valence-electron chi connectivity index (χ0n) is 13.4. The Morgan fingerprint density at radius 2 is 2.00 bits per heavy atom. The molecule has 124 valence electrons. The molecule has 2 heterocycles. The maximum Gasteiger partial charge on any atom is 0.134 e. The van der Waals surface area contributed by atoms with E-state index in [9.17, 15) is 5.11 Å². The number of rotatable bonds is 6. The summed E-state index contributed by atoms with van der Waals surface area (Å²) in [5, 5.41) is 10.4. The van der Waals surface area contributed by atoms with Gasteiger partial charge in [0.25, 0.3) is 0 Å². The lowest BCUT2D eigenvalue weighted by Gasteiger charge is -2.16. The molecule has 1 aromatic carbocycles. The number of benzene rings is 1. The first-order valence-electron chi connectivity index (χ1n) is 7.57. The summed E-state index contributed by atoms with van der Waals surface area (Å²) in [5.74, 6) is 1.39. The van der Waals surface area contributed by atoms with E-state index in [-0.39, 0.29) is 5.75 Å². The second-order valence-electron chi connectivity index (χ2n) is 5.30. The maximum atomic E-state index is 9.59. The van der Waals surface area contributed by atoms with Crippen molar-refractivity contribution in [1.29, 1.82) is 0 Å². The molecule has 0 spiro atoms. The number of nitrogen functional groups attached to an aromatic ring is 1. The fraction of sp³-hybridized carbons (Fsp3) is 0.235. The summed E-state index contributed by atoms with van der Waals surface area (Å²) >= 11 is 1.58. The van der Waals surface area contributed by atoms with Crippen LogP contribution in [0.1, 0.15) is 11.1 Å². The molecule has 0 saturated carbocycles. The average molecular weight is 341 g/mol. The number of hydrogen-bond donors (Lipinski definition) is 3. The third kappa shape index (κ3) is 3.27. The summed E-state index contributed by atoms with van der Waals surface area (Å²) in [6.07, 6.45) is 1.72. The van der Waals surface area contributed by atoms with Crippen LogP contribution >= 0.6 is 11.8 Å². The zero-order valence-corrected chi connectivity index (χ0v) is 14.2. The summed E-state index contributed by atoms with van der Waals surface area (Å²) < 4.78 is 0. The SMILES string of the molecule is CN=Cc1c(N)nc(SCCN)c(C2=NC2)c1-c1ccc(O)cc1. The first kappa shape index (κ1) is 16.5. The van der Waals surface area contributed by atoms with Gasteiger partial charge in [-0.1, -0.05) is 12.1 Å². The van der Waals surface area contributed by atoms with Crippen LogP contribution in [0.4, 0.5) is 5.82 Å². The van der Waals surface area contributed by atoms with Gasteiger partial charge in [0.05, 0.1) is 12.3 Å². The van der Waals surface area contributed by atoms with Crippen LogP contribution in [-0.2, 0) is 0 Å². The molecule has 5 N–H and O–H groups in total. The first-order valence-corrected chi connectivity index (χ1v) is 8.55. The molecular formula is C17H19N5OS. The molecule has 0 amide bonds. The smallest absolute Gasteiger partial charge is 0.134 e. The molecule has 6 nitrogen and oxygen atoms in total. The van der Waals surface area contributed by atoms with Crippen molar-refractivity contribution in [1.82, 2.24) is 4.98 Å². The normalized spacial score (nSPS) is 13.3. The van der Waals surface area contributed by atoms with Crippen molar-refractivity contribution in [2.75, 3.05) is 31.6 Å². The Hall–Kier alpha value is -2.38. The van der Waals surface area contributed by atoms with Crippen LogP contribution in [0.2, 0.25) is 0 Å². The minimum atomic E-state index is 0.217. The molecule has 24 heavy (non-hydrogen) atoms. The largest absolute Gasteiger partial charge is 0.508 e. The van der Waals surface area contributed by atoms with Gasteiger partial charge in [-0.3, -0.25) is 9.98 Å². The van der Waals surface area contributed by atoms with E-state index < -0.39 is 0 Å². The predicted octanol–water partition coefficient (Wildman–Crippen LogP) is 1.94. The maximum absolute atomic E-state index is 9.59. The van der Waals surface area contributed by atoms with Crippen molar-refractivity contribution in [3.8, 4) is 16.9 Å². The molecule has 0 saturated heterocycles. The van der Waals surface area contributed by atoms with Gasteiger partial charge < -0.3 is 16.6 Å². The van der Waals surface area contributed by atoms with Gasteiger partial charge in [0.2, 0.25) is 0 Å². The lowest BCUT2D eigenvalue weighted by molar-refractivity contribution is 0.475. The van der Waals surface area contributed by atoms with E-state index in [2.05, 4.69) is 15.0 Å². The molecule has 0 unspecified atom stereocenters. The van der Waals surface area contributed by atoms with E-state index in [1.165, 1.54) is 0 Å². The molecule has 1 aliphatic heterocycles. The topological polar surface area (TPSA) is 110 Å². The van der Waals surface area contributed by atoms with Gasteiger partial charge in [0.15, 0.2) is 0 Å². The molecule has 0 atom stereocenters. The third-order valence-corrected chi connectivity index (χ3v) is 4.62. The number of anilines is 1. The van der Waals surface area contributed by atoms with E-state index in [1.54, 1.807) is 37.2 Å². The molecule has 0 radical (unpaired) electrons.